The van der Waals surface area contributed by atoms with Crippen LogP contribution in [-0.2, 0) is 15.8 Å². The number of amides is 2. The van der Waals surface area contributed by atoms with Crippen molar-refractivity contribution in [2.75, 3.05) is 41.9 Å². The third kappa shape index (κ3) is 5.28. The average molecular weight is 499 g/mol. The highest BCUT2D eigenvalue weighted by molar-refractivity contribution is 6.34. The van der Waals surface area contributed by atoms with Crippen LogP contribution in [0.25, 0.3) is 0 Å². The number of hydrogen-bond acceptors (Lipinski definition) is 5. The van der Waals surface area contributed by atoms with Crippen molar-refractivity contribution in [3.8, 4) is 0 Å². The Labute approximate surface area is 200 Å². The minimum Gasteiger partial charge on any atom is -0.396 e. The van der Waals surface area contributed by atoms with Gasteiger partial charge in [-0.15, -0.1) is 0 Å². The number of aliphatic hydroxyl groups excluding tert-OH is 1. The molecule has 0 bridgehead atoms. The van der Waals surface area contributed by atoms with Crippen molar-refractivity contribution < 1.29 is 27.9 Å². The van der Waals surface area contributed by atoms with Gasteiger partial charge in [-0.2, -0.15) is 13.2 Å². The molecule has 1 unspecified atom stereocenters. The van der Waals surface area contributed by atoms with Crippen molar-refractivity contribution in [1.82, 2.24) is 4.98 Å². The van der Waals surface area contributed by atoms with Gasteiger partial charge in [0.1, 0.15) is 11.9 Å². The van der Waals surface area contributed by atoms with E-state index in [9.17, 15) is 22.8 Å². The summed E-state index contributed by atoms with van der Waals surface area (Å²) < 4.78 is 40.0. The molecule has 3 rings (SSSR count). The maximum absolute atomic E-state index is 13.5. The van der Waals surface area contributed by atoms with E-state index in [2.05, 4.69) is 4.98 Å². The number of hydrogen-bond donors (Lipinski definition) is 1. The third-order valence-corrected chi connectivity index (χ3v) is 6.01. The summed E-state index contributed by atoms with van der Waals surface area (Å²) in [7, 11) is 3.31. The van der Waals surface area contributed by atoms with E-state index in [1.54, 1.807) is 25.2 Å². The largest absolute Gasteiger partial charge is 0.416 e. The quantitative estimate of drug-likeness (QED) is 0.623. The number of anilines is 3. The molecule has 0 aliphatic carbocycles. The van der Waals surface area contributed by atoms with Gasteiger partial charge in [-0.3, -0.25) is 14.5 Å². The minimum absolute atomic E-state index is 0.0125. The summed E-state index contributed by atoms with van der Waals surface area (Å²) in [6.45, 7) is 1.88. The van der Waals surface area contributed by atoms with Gasteiger partial charge in [0.05, 0.1) is 22.0 Å². The van der Waals surface area contributed by atoms with Crippen LogP contribution in [-0.4, -0.2) is 55.2 Å². The lowest BCUT2D eigenvalue weighted by atomic mass is 10.1. The second kappa shape index (κ2) is 10.2. The van der Waals surface area contributed by atoms with Crippen molar-refractivity contribution in [3.63, 3.8) is 0 Å². The van der Waals surface area contributed by atoms with Gasteiger partial charge >= 0.3 is 6.18 Å². The average Bonchev–Trinajstić information content (AvgIpc) is 3.16. The predicted octanol–water partition coefficient (Wildman–Crippen LogP) is 4.04. The number of aryl methyl sites for hydroxylation is 1. The first-order chi connectivity index (χ1) is 16.0. The number of aliphatic hydroxyl groups is 1. The van der Waals surface area contributed by atoms with E-state index in [4.69, 9.17) is 16.7 Å². The van der Waals surface area contributed by atoms with Crippen molar-refractivity contribution in [2.24, 2.45) is 0 Å². The molecule has 184 valence electrons. The van der Waals surface area contributed by atoms with Crippen molar-refractivity contribution in [1.29, 1.82) is 0 Å². The lowest BCUT2D eigenvalue weighted by Gasteiger charge is -2.31. The van der Waals surface area contributed by atoms with Crippen LogP contribution in [0.5, 0.6) is 0 Å². The number of alkyl halides is 3. The molecule has 1 fully saturated rings. The highest BCUT2D eigenvalue weighted by atomic mass is 35.5. The van der Waals surface area contributed by atoms with E-state index in [0.29, 0.717) is 29.4 Å². The van der Waals surface area contributed by atoms with E-state index in [-0.39, 0.29) is 31.0 Å². The summed E-state index contributed by atoms with van der Waals surface area (Å²) in [5.74, 6) is -1.14. The number of aromatic nitrogens is 1. The Morgan fingerprint density at radius 2 is 2.00 bits per heavy atom. The number of halogens is 4. The van der Waals surface area contributed by atoms with Gasteiger partial charge in [-0.25, -0.2) is 4.98 Å². The van der Waals surface area contributed by atoms with Crippen molar-refractivity contribution in [2.45, 2.75) is 38.4 Å². The molecule has 1 N–H and O–H groups in total. The first kappa shape index (κ1) is 25.8. The number of nitrogens with zero attached hydrogens (tertiary/aromatic N) is 4. The molecule has 0 spiro atoms. The summed E-state index contributed by atoms with van der Waals surface area (Å²) in [5.41, 5.74) is 0.200. The number of rotatable bonds is 7. The molecule has 7 nitrogen and oxygen atoms in total. The standard InChI is InChI=1S/C23H26ClF3N4O3/c1-14-12-15(23(25,26)27)13-19(28-14)31-18(8-9-20(31)33)22(34)30(3)17-7-4-6-16(24)21(17)29(2)10-5-11-32/h4,6-7,12-13,18,32H,5,8-11H2,1-3H3. The van der Waals surface area contributed by atoms with Gasteiger partial charge in [-0.05, 0) is 44.0 Å². The topological polar surface area (TPSA) is 77.0 Å². The summed E-state index contributed by atoms with van der Waals surface area (Å²) in [5, 5.41) is 9.55. The number of benzene rings is 1. The van der Waals surface area contributed by atoms with E-state index in [1.165, 1.54) is 18.9 Å². The summed E-state index contributed by atoms with van der Waals surface area (Å²) in [4.78, 5) is 34.5. The molecule has 1 aliphatic rings. The van der Waals surface area contributed by atoms with Gasteiger partial charge in [0.2, 0.25) is 11.8 Å². The second-order valence-corrected chi connectivity index (χ2v) is 8.58. The summed E-state index contributed by atoms with van der Waals surface area (Å²) in [6, 6.07) is 5.73. The molecule has 0 saturated carbocycles. The Hall–Kier alpha value is -2.85. The number of likely N-dealkylation sites (N-methyl/N-ethyl adjacent to an activating group) is 1. The molecule has 1 aromatic heterocycles. The van der Waals surface area contributed by atoms with Crippen LogP contribution in [0.3, 0.4) is 0 Å². The Bertz CT molecular complexity index is 1080. The fraction of sp³-hybridized carbons (Fsp3) is 0.435. The normalized spacial score (nSPS) is 16.2. The maximum atomic E-state index is 13.5. The molecule has 11 heteroatoms. The molecule has 1 aliphatic heterocycles. The first-order valence-electron chi connectivity index (χ1n) is 10.7. The Morgan fingerprint density at radius 1 is 1.29 bits per heavy atom. The van der Waals surface area contributed by atoms with Gasteiger partial charge in [0, 0.05) is 39.4 Å². The molecule has 0 radical (unpaired) electrons. The van der Waals surface area contributed by atoms with Crippen LogP contribution in [0.2, 0.25) is 5.02 Å². The van der Waals surface area contributed by atoms with Gasteiger partial charge in [0.25, 0.3) is 0 Å². The van der Waals surface area contributed by atoms with Crippen LogP contribution in [0.4, 0.5) is 30.4 Å². The van der Waals surface area contributed by atoms with Crippen LogP contribution in [0, 0.1) is 6.92 Å². The molecule has 2 aromatic rings. The highest BCUT2D eigenvalue weighted by Crippen LogP contribution is 2.38. The zero-order valence-electron chi connectivity index (χ0n) is 19.1. The molecule has 1 aromatic carbocycles. The van der Waals surface area contributed by atoms with Crippen LogP contribution < -0.4 is 14.7 Å². The first-order valence-corrected chi connectivity index (χ1v) is 11.1. The predicted molar refractivity (Wildman–Crippen MR) is 124 cm³/mol. The van der Waals surface area contributed by atoms with E-state index >= 15 is 0 Å². The summed E-state index contributed by atoms with van der Waals surface area (Å²) >= 11 is 6.41. The number of carbonyl (C=O) groups is 2. The highest BCUT2D eigenvalue weighted by Gasteiger charge is 2.41. The van der Waals surface area contributed by atoms with Gasteiger partial charge in [0.15, 0.2) is 0 Å². The fourth-order valence-electron chi connectivity index (χ4n) is 4.06. The fourth-order valence-corrected chi connectivity index (χ4v) is 4.37. The van der Waals surface area contributed by atoms with Gasteiger partial charge < -0.3 is 14.9 Å². The Balaban J connectivity index is 1.97. The summed E-state index contributed by atoms with van der Waals surface area (Å²) in [6.07, 6.45) is -3.96. The van der Waals surface area contributed by atoms with Crippen LogP contribution in [0.1, 0.15) is 30.5 Å². The Kier molecular flexibility index (Phi) is 7.72. The third-order valence-electron chi connectivity index (χ3n) is 5.70. The SMILES string of the molecule is Cc1cc(C(F)(F)F)cc(N2C(=O)CCC2C(=O)N(C)c2cccc(Cl)c2N(C)CCCO)n1. The second-order valence-electron chi connectivity index (χ2n) is 8.17. The van der Waals surface area contributed by atoms with Crippen molar-refractivity contribution in [3.05, 3.63) is 46.6 Å². The van der Waals surface area contributed by atoms with Crippen LogP contribution in [0.15, 0.2) is 30.3 Å². The monoisotopic (exact) mass is 498 g/mol. The van der Waals surface area contributed by atoms with Crippen molar-refractivity contribution >= 4 is 40.6 Å². The zero-order chi connectivity index (χ0) is 25.2. The van der Waals surface area contributed by atoms with E-state index < -0.39 is 29.6 Å². The zero-order valence-corrected chi connectivity index (χ0v) is 19.8. The number of pyridine rings is 1. The van der Waals surface area contributed by atoms with E-state index in [1.807, 2.05) is 4.90 Å². The number of para-hydroxylation sites is 1. The van der Waals surface area contributed by atoms with E-state index in [0.717, 1.165) is 17.0 Å². The molecule has 1 atom stereocenters. The number of carbonyl (C=O) groups excluding carboxylic acids is 2. The lowest BCUT2D eigenvalue weighted by molar-refractivity contribution is -0.137. The molecular formula is C23H26ClF3N4O3. The molecule has 2 heterocycles. The maximum Gasteiger partial charge on any atom is 0.416 e. The molecule has 2 amide bonds. The van der Waals surface area contributed by atoms with Crippen LogP contribution >= 0.6 is 11.6 Å². The lowest BCUT2D eigenvalue weighted by Crippen LogP contribution is -2.46. The molecular weight excluding hydrogens is 473 g/mol. The minimum atomic E-state index is -4.61. The van der Waals surface area contributed by atoms with Gasteiger partial charge in [-0.1, -0.05) is 17.7 Å². The smallest absolute Gasteiger partial charge is 0.396 e. The Morgan fingerprint density at radius 3 is 2.65 bits per heavy atom. The molecule has 1 saturated heterocycles. The molecule has 34 heavy (non-hydrogen) atoms.